The smallest absolute Gasteiger partial charge is 0.196 e. The number of hydrogen-bond acceptors (Lipinski definition) is 2. The molecular weight excluding hydrogens is 392 g/mol. The van der Waals surface area contributed by atoms with Crippen LogP contribution in [0.25, 0.3) is 0 Å². The summed E-state index contributed by atoms with van der Waals surface area (Å²) in [5, 5.41) is 2.10. The summed E-state index contributed by atoms with van der Waals surface area (Å²) in [6.07, 6.45) is 3.47. The molecule has 3 unspecified atom stereocenters. The molecule has 27 heavy (non-hydrogen) atoms. The minimum absolute atomic E-state index is 0.0238. The van der Waals surface area contributed by atoms with Crippen LogP contribution in [0.2, 0.25) is 0 Å². The highest BCUT2D eigenvalue weighted by Crippen LogP contribution is 2.25. The summed E-state index contributed by atoms with van der Waals surface area (Å²) >= 11 is 0. The van der Waals surface area contributed by atoms with E-state index in [1.54, 1.807) is 20.0 Å². The van der Waals surface area contributed by atoms with Gasteiger partial charge in [0.15, 0.2) is 17.5 Å². The summed E-state index contributed by atoms with van der Waals surface area (Å²) in [5.41, 5.74) is 1.71. The van der Waals surface area contributed by atoms with E-state index in [9.17, 15) is 17.4 Å². The third-order valence-electron chi connectivity index (χ3n) is 4.18. The Morgan fingerprint density at radius 3 is 2.44 bits per heavy atom. The van der Waals surface area contributed by atoms with Gasteiger partial charge >= 0.3 is 0 Å². The monoisotopic (exact) mass is 418 g/mol. The molecule has 0 heterocycles. The molecule has 1 N–H and O–H groups in total. The van der Waals surface area contributed by atoms with Crippen molar-refractivity contribution >= 4 is 35.0 Å². The highest BCUT2D eigenvalue weighted by atomic mass is 32.2. The molecule has 1 aromatic rings. The van der Waals surface area contributed by atoms with Crippen LogP contribution in [0.1, 0.15) is 46.1 Å². The number of benzene rings is 1. The average Bonchev–Trinajstić information content (AvgIpc) is 2.63. The maximum absolute atomic E-state index is 14.4. The third kappa shape index (κ3) is 5.32. The Balaban J connectivity index is 3.37. The van der Waals surface area contributed by atoms with Gasteiger partial charge in [-0.3, -0.25) is 4.99 Å². The van der Waals surface area contributed by atoms with E-state index in [0.717, 1.165) is 24.1 Å². The molecular formula is C19H26F3N2OPS. The van der Waals surface area contributed by atoms with E-state index in [-0.39, 0.29) is 10.9 Å². The zero-order valence-electron chi connectivity index (χ0n) is 16.3. The average molecular weight is 418 g/mol. The molecule has 0 aromatic heterocycles. The molecule has 0 saturated heterocycles. The van der Waals surface area contributed by atoms with Gasteiger partial charge in [0.05, 0.1) is 4.90 Å². The lowest BCUT2D eigenvalue weighted by atomic mass is 10.2. The van der Waals surface area contributed by atoms with Crippen LogP contribution in [0.4, 0.5) is 13.2 Å². The maximum Gasteiger partial charge on any atom is 0.196 e. The summed E-state index contributed by atoms with van der Waals surface area (Å²) in [6.45, 7) is 12.2. The number of nitrogens with zero attached hydrogens (tertiary/aromatic N) is 1. The van der Waals surface area contributed by atoms with E-state index in [1.807, 2.05) is 23.1 Å². The van der Waals surface area contributed by atoms with Gasteiger partial charge in [-0.25, -0.2) is 22.1 Å². The second-order valence-electron chi connectivity index (χ2n) is 6.34. The molecule has 0 radical (unpaired) electrons. The zero-order valence-corrected chi connectivity index (χ0v) is 18.2. The minimum atomic E-state index is -3.52. The normalized spacial score (nSPS) is 16.0. The highest BCUT2D eigenvalue weighted by Gasteiger charge is 2.28. The largest absolute Gasteiger partial charge is 0.266 e. The fourth-order valence-electron chi connectivity index (χ4n) is 2.37. The van der Waals surface area contributed by atoms with Gasteiger partial charge in [-0.1, -0.05) is 13.3 Å². The second-order valence-corrected chi connectivity index (χ2v) is 8.96. The molecule has 1 rings (SSSR count). The maximum atomic E-state index is 14.4. The van der Waals surface area contributed by atoms with E-state index in [4.69, 9.17) is 0 Å². The topological polar surface area (TPSA) is 41.5 Å². The first-order valence-electron chi connectivity index (χ1n) is 8.47. The molecule has 0 saturated carbocycles. The van der Waals surface area contributed by atoms with Gasteiger partial charge in [0.2, 0.25) is 0 Å². The van der Waals surface area contributed by atoms with E-state index >= 15 is 0 Å². The van der Waals surface area contributed by atoms with Crippen LogP contribution in [0, 0.1) is 24.4 Å². The first-order valence-corrected chi connectivity index (χ1v) is 10.6. The lowest BCUT2D eigenvalue weighted by Crippen LogP contribution is -2.36. The Hall–Kier alpha value is -1.39. The van der Waals surface area contributed by atoms with Gasteiger partial charge in [0, 0.05) is 23.3 Å². The van der Waals surface area contributed by atoms with E-state index in [1.165, 1.54) is 6.92 Å². The number of aliphatic imine (C=N–C) groups is 1. The highest BCUT2D eigenvalue weighted by molar-refractivity contribution is 7.99. The zero-order chi connectivity index (χ0) is 20.9. The lowest BCUT2D eigenvalue weighted by molar-refractivity contribution is 0.436. The van der Waals surface area contributed by atoms with E-state index in [2.05, 4.69) is 21.3 Å². The number of nitrogens with one attached hydrogen (secondary N) is 1. The number of halogens is 3. The third-order valence-corrected chi connectivity index (χ3v) is 7.02. The van der Waals surface area contributed by atoms with E-state index < -0.39 is 38.1 Å². The summed E-state index contributed by atoms with van der Waals surface area (Å²) in [4.78, 5) is 3.86. The van der Waals surface area contributed by atoms with Crippen molar-refractivity contribution in [1.82, 2.24) is 4.72 Å². The van der Waals surface area contributed by atoms with Gasteiger partial charge < -0.3 is 0 Å². The van der Waals surface area contributed by atoms with Crippen LogP contribution in [-0.4, -0.2) is 21.0 Å². The van der Waals surface area contributed by atoms with Crippen LogP contribution in [0.15, 0.2) is 28.2 Å². The second kappa shape index (κ2) is 9.70. The predicted molar refractivity (Wildman–Crippen MR) is 112 cm³/mol. The molecule has 0 amide bonds. The molecule has 150 valence electrons. The molecule has 8 heteroatoms. The van der Waals surface area contributed by atoms with Crippen molar-refractivity contribution in [1.29, 1.82) is 0 Å². The molecule has 0 aliphatic heterocycles. The van der Waals surface area contributed by atoms with Crippen molar-refractivity contribution < 1.29 is 17.4 Å². The van der Waals surface area contributed by atoms with Crippen LogP contribution < -0.4 is 10.0 Å². The van der Waals surface area contributed by atoms with Crippen molar-refractivity contribution in [2.45, 2.75) is 58.4 Å². The molecule has 0 fully saturated rings. The van der Waals surface area contributed by atoms with Gasteiger partial charge in [-0.15, -0.1) is 9.24 Å². The van der Waals surface area contributed by atoms with Gasteiger partial charge in [-0.2, -0.15) is 0 Å². The quantitative estimate of drug-likeness (QED) is 0.307. The van der Waals surface area contributed by atoms with Gasteiger partial charge in [0.1, 0.15) is 9.71 Å². The summed E-state index contributed by atoms with van der Waals surface area (Å²) in [6, 6.07) is -0.496. The van der Waals surface area contributed by atoms with Gasteiger partial charge in [0.25, 0.3) is 0 Å². The SMILES string of the molecule is C=C=S(=O)(NC(C)/C(C)=C/N=C(C)CCC)c1c(C)c(P)c(F)c(F)c1F. The molecule has 0 aliphatic carbocycles. The summed E-state index contributed by atoms with van der Waals surface area (Å²) in [7, 11) is -1.51. The number of hydrogen-bond donors (Lipinski definition) is 1. The Morgan fingerprint density at radius 1 is 1.33 bits per heavy atom. The molecule has 0 bridgehead atoms. The minimum Gasteiger partial charge on any atom is -0.266 e. The van der Waals surface area contributed by atoms with Crippen LogP contribution >= 0.6 is 9.24 Å². The molecule has 3 nitrogen and oxygen atoms in total. The fraction of sp³-hybridized carbons (Fsp3) is 0.421. The molecule has 3 atom stereocenters. The molecule has 0 spiro atoms. The predicted octanol–water partition coefficient (Wildman–Crippen LogP) is 4.20. The van der Waals surface area contributed by atoms with Crippen molar-refractivity contribution in [3.63, 3.8) is 0 Å². The van der Waals surface area contributed by atoms with Crippen molar-refractivity contribution in [3.05, 3.63) is 41.4 Å². The Labute approximate surface area is 162 Å². The van der Waals surface area contributed by atoms with E-state index in [0.29, 0.717) is 0 Å². The van der Waals surface area contributed by atoms with Crippen LogP contribution in [0.5, 0.6) is 0 Å². The molecule has 0 aliphatic rings. The Kier molecular flexibility index (Phi) is 8.49. The van der Waals surface area contributed by atoms with Crippen molar-refractivity contribution in [2.75, 3.05) is 0 Å². The van der Waals surface area contributed by atoms with Crippen LogP contribution in [-0.2, 0) is 9.71 Å². The Bertz CT molecular complexity index is 898. The summed E-state index contributed by atoms with van der Waals surface area (Å²) < 4.78 is 58.1. The first kappa shape index (κ1) is 23.6. The lowest BCUT2D eigenvalue weighted by Gasteiger charge is -2.21. The Morgan fingerprint density at radius 2 is 1.93 bits per heavy atom. The first-order chi connectivity index (χ1) is 12.5. The fourth-order valence-corrected chi connectivity index (χ4v) is 4.66. The van der Waals surface area contributed by atoms with Crippen molar-refractivity contribution in [3.8, 4) is 0 Å². The van der Waals surface area contributed by atoms with Crippen molar-refractivity contribution in [2.24, 2.45) is 4.99 Å². The van der Waals surface area contributed by atoms with Crippen LogP contribution in [0.3, 0.4) is 0 Å². The standard InChI is InChI=1S/C19H26F3N2OPS/c1-7-9-12(4)23-10-11(3)14(6)24-27(25,8-2)19-13(5)18(26)16(21)15(20)17(19)22/h10,14H,2,7,9,26H2,1,3-6H3,(H,24,25)/b11-10+,23-12?. The molecule has 1 aromatic carbocycles. The summed E-state index contributed by atoms with van der Waals surface area (Å²) in [5.74, 6) is -4.50. The van der Waals surface area contributed by atoms with Gasteiger partial charge in [-0.05, 0) is 56.9 Å². The number of rotatable bonds is 7.